The summed E-state index contributed by atoms with van der Waals surface area (Å²) in [6.45, 7) is 3.59. The third-order valence-corrected chi connectivity index (χ3v) is 6.06. The van der Waals surface area contributed by atoms with Gasteiger partial charge in [0.2, 0.25) is 0 Å². The molecule has 2 unspecified atom stereocenters. The number of unbranched alkanes of at least 4 members (excludes halogenated alkanes) is 4. The minimum atomic E-state index is -0.139. The van der Waals surface area contributed by atoms with Gasteiger partial charge in [0, 0.05) is 6.42 Å². The Hall–Kier alpha value is -2.66. The number of aryl methyl sites for hydroxylation is 1. The van der Waals surface area contributed by atoms with Crippen LogP contribution in [-0.2, 0) is 9.53 Å². The molecule has 1 fully saturated rings. The van der Waals surface area contributed by atoms with E-state index >= 15 is 0 Å². The van der Waals surface area contributed by atoms with Crippen molar-refractivity contribution >= 4 is 17.7 Å². The number of methoxy groups -OCH3 is 1. The molecule has 3 rings (SSSR count). The molecule has 2 atom stereocenters. The third-order valence-electron chi connectivity index (χ3n) is 6.06. The molecule has 0 radical (unpaired) electrons. The molecule has 5 nitrogen and oxygen atoms in total. The highest BCUT2D eigenvalue weighted by molar-refractivity contribution is 5.90. The lowest BCUT2D eigenvalue weighted by Crippen LogP contribution is -2.52. The number of nitrogens with one attached hydrogen (secondary N) is 1. The average Bonchev–Trinajstić information content (AvgIpc) is 3.11. The van der Waals surface area contributed by atoms with Gasteiger partial charge < -0.3 is 4.74 Å². The summed E-state index contributed by atoms with van der Waals surface area (Å²) in [5.74, 6) is -0.139. The number of quaternary nitrogens is 1. The van der Waals surface area contributed by atoms with Crippen molar-refractivity contribution in [2.24, 2.45) is 0 Å². The Labute approximate surface area is 179 Å². The van der Waals surface area contributed by atoms with Crippen molar-refractivity contribution in [3.63, 3.8) is 0 Å². The van der Waals surface area contributed by atoms with Gasteiger partial charge in [0.25, 0.3) is 0 Å². The Kier molecular flexibility index (Phi) is 7.63. The van der Waals surface area contributed by atoms with Crippen LogP contribution < -0.4 is 9.80 Å². The molecule has 1 N–H and O–H groups in total. The zero-order chi connectivity index (χ0) is 21.4. The Balaban J connectivity index is 1.65. The number of rotatable bonds is 10. The summed E-state index contributed by atoms with van der Waals surface area (Å²) in [5, 5.41) is 3.24. The van der Waals surface area contributed by atoms with Crippen molar-refractivity contribution in [2.75, 3.05) is 20.2 Å². The maximum Gasteiger partial charge on any atom is 0.422 e. The van der Waals surface area contributed by atoms with Crippen molar-refractivity contribution < 1.29 is 14.3 Å². The van der Waals surface area contributed by atoms with Crippen LogP contribution in [0.2, 0.25) is 0 Å². The molecule has 2 amide bonds. The average molecular weight is 410 g/mol. The van der Waals surface area contributed by atoms with E-state index in [1.165, 1.54) is 12.7 Å². The lowest BCUT2D eigenvalue weighted by molar-refractivity contribution is -0.140. The van der Waals surface area contributed by atoms with Crippen molar-refractivity contribution in [3.05, 3.63) is 65.7 Å². The van der Waals surface area contributed by atoms with Gasteiger partial charge in [-0.15, -0.1) is 0 Å². The van der Waals surface area contributed by atoms with Crippen LogP contribution in [0, 0.1) is 6.92 Å². The van der Waals surface area contributed by atoms with Crippen LogP contribution in [0.4, 0.5) is 10.5 Å². The van der Waals surface area contributed by atoms with Gasteiger partial charge in [-0.25, -0.2) is 9.28 Å². The van der Waals surface area contributed by atoms with Crippen molar-refractivity contribution in [3.8, 4) is 0 Å². The molecule has 0 aromatic heterocycles. The van der Waals surface area contributed by atoms with Crippen LogP contribution in [0.3, 0.4) is 0 Å². The SMILES string of the molecule is COC(=O)CCCCCCC[N+]1(c2ccc(C)cc2)CC(c2ccccc2)NC1=O. The maximum absolute atomic E-state index is 13.2. The minimum Gasteiger partial charge on any atom is -0.469 e. The fourth-order valence-electron chi connectivity index (χ4n) is 4.25. The second-order valence-corrected chi connectivity index (χ2v) is 8.22. The normalized spacial score (nSPS) is 20.7. The fourth-order valence-corrected chi connectivity index (χ4v) is 4.25. The van der Waals surface area contributed by atoms with Gasteiger partial charge in [0.15, 0.2) is 0 Å². The lowest BCUT2D eigenvalue weighted by atomic mass is 10.1. The number of nitrogens with zero attached hydrogens (tertiary/aromatic N) is 1. The third kappa shape index (κ3) is 5.28. The molecule has 30 heavy (non-hydrogen) atoms. The van der Waals surface area contributed by atoms with E-state index in [9.17, 15) is 9.59 Å². The quantitative estimate of drug-likeness (QED) is 0.330. The van der Waals surface area contributed by atoms with Gasteiger partial charge in [-0.1, -0.05) is 60.9 Å². The first kappa shape index (κ1) is 22.0. The molecule has 1 heterocycles. The largest absolute Gasteiger partial charge is 0.469 e. The van der Waals surface area contributed by atoms with Crippen LogP contribution in [0.25, 0.3) is 0 Å². The van der Waals surface area contributed by atoms with Crippen LogP contribution >= 0.6 is 0 Å². The minimum absolute atomic E-state index is 0.0278. The van der Waals surface area contributed by atoms with Crippen LogP contribution in [0.15, 0.2) is 54.6 Å². The molecule has 160 valence electrons. The first-order chi connectivity index (χ1) is 14.5. The van der Waals surface area contributed by atoms with Crippen LogP contribution in [-0.4, -0.2) is 32.2 Å². The fraction of sp³-hybridized carbons (Fsp3) is 0.440. The summed E-state index contributed by atoms with van der Waals surface area (Å²) < 4.78 is 5.04. The predicted molar refractivity (Wildman–Crippen MR) is 120 cm³/mol. The highest BCUT2D eigenvalue weighted by Gasteiger charge is 2.48. The highest BCUT2D eigenvalue weighted by Crippen LogP contribution is 2.34. The number of amides is 2. The molecule has 0 bridgehead atoms. The van der Waals surface area contributed by atoms with E-state index < -0.39 is 0 Å². The summed E-state index contributed by atoms with van der Waals surface area (Å²) in [6, 6.07) is 18.7. The number of benzene rings is 2. The van der Waals surface area contributed by atoms with Crippen molar-refractivity contribution in [2.45, 2.75) is 51.5 Å². The molecule has 0 aliphatic carbocycles. The number of hydrogen-bond acceptors (Lipinski definition) is 3. The van der Waals surface area contributed by atoms with Gasteiger partial charge in [0.05, 0.1) is 13.7 Å². The second kappa shape index (κ2) is 10.4. The Bertz CT molecular complexity index is 835. The summed E-state index contributed by atoms with van der Waals surface area (Å²) in [4.78, 5) is 24.5. The summed E-state index contributed by atoms with van der Waals surface area (Å²) in [7, 11) is 1.43. The van der Waals surface area contributed by atoms with E-state index in [1.807, 2.05) is 18.2 Å². The summed E-state index contributed by atoms with van der Waals surface area (Å²) in [5.41, 5.74) is 3.41. The van der Waals surface area contributed by atoms with Gasteiger partial charge in [0.1, 0.15) is 18.3 Å². The Morgan fingerprint density at radius 3 is 2.37 bits per heavy atom. The summed E-state index contributed by atoms with van der Waals surface area (Å²) in [6.07, 6.45) is 5.45. The van der Waals surface area contributed by atoms with E-state index in [1.54, 1.807) is 0 Å². The van der Waals surface area contributed by atoms with Gasteiger partial charge >= 0.3 is 12.0 Å². The summed E-state index contributed by atoms with van der Waals surface area (Å²) >= 11 is 0. The van der Waals surface area contributed by atoms with E-state index in [4.69, 9.17) is 0 Å². The molecule has 1 aliphatic heterocycles. The van der Waals surface area contributed by atoms with Crippen molar-refractivity contribution in [1.82, 2.24) is 9.80 Å². The van der Waals surface area contributed by atoms with Gasteiger partial charge in [-0.05, 0) is 43.9 Å². The van der Waals surface area contributed by atoms with E-state index in [-0.39, 0.29) is 18.0 Å². The molecule has 5 heteroatoms. The van der Waals surface area contributed by atoms with E-state index in [0.717, 1.165) is 56.4 Å². The maximum atomic E-state index is 13.2. The number of ether oxygens (including phenoxy) is 1. The van der Waals surface area contributed by atoms with Crippen LogP contribution in [0.5, 0.6) is 0 Å². The van der Waals surface area contributed by atoms with Crippen LogP contribution in [0.1, 0.15) is 55.7 Å². The number of urea groups is 1. The highest BCUT2D eigenvalue weighted by atomic mass is 16.5. The Morgan fingerprint density at radius 2 is 1.67 bits per heavy atom. The molecular formula is C25H33N2O3+. The zero-order valence-electron chi connectivity index (χ0n) is 18.1. The standard InChI is InChI=1S/C25H32N2O3/c1-20-14-16-22(17-15-20)27(18-10-5-3-4-9-13-24(28)30-2)19-23(26-25(27)29)21-11-7-6-8-12-21/h6-8,11-12,14-17,23H,3-5,9-10,13,18-19H2,1-2H3/p+1. The predicted octanol–water partition coefficient (Wildman–Crippen LogP) is 5.28. The monoisotopic (exact) mass is 409 g/mol. The number of hydrogen-bond donors (Lipinski definition) is 1. The molecule has 2 aromatic rings. The second-order valence-electron chi connectivity index (χ2n) is 8.22. The van der Waals surface area contributed by atoms with Crippen molar-refractivity contribution in [1.29, 1.82) is 0 Å². The smallest absolute Gasteiger partial charge is 0.422 e. The molecule has 0 spiro atoms. The van der Waals surface area contributed by atoms with E-state index in [0.29, 0.717) is 10.9 Å². The Morgan fingerprint density at radius 1 is 1.00 bits per heavy atom. The van der Waals surface area contributed by atoms with Gasteiger partial charge in [-0.2, -0.15) is 0 Å². The molecule has 2 aromatic carbocycles. The first-order valence-corrected chi connectivity index (χ1v) is 10.9. The number of carbonyl (C=O) groups excluding carboxylic acids is 2. The zero-order valence-corrected chi connectivity index (χ0v) is 18.1. The molecule has 1 aliphatic rings. The molecular weight excluding hydrogens is 376 g/mol. The topological polar surface area (TPSA) is 55.4 Å². The molecule has 0 saturated carbocycles. The number of esters is 1. The number of carbonyl (C=O) groups is 2. The lowest BCUT2D eigenvalue weighted by Gasteiger charge is -2.30. The van der Waals surface area contributed by atoms with E-state index in [2.05, 4.69) is 53.4 Å². The van der Waals surface area contributed by atoms with Gasteiger partial charge in [-0.3, -0.25) is 10.1 Å². The molecule has 1 saturated heterocycles. The first-order valence-electron chi connectivity index (χ1n) is 10.9.